The van der Waals surface area contributed by atoms with E-state index in [4.69, 9.17) is 0 Å². The third-order valence-electron chi connectivity index (χ3n) is 5.61. The van der Waals surface area contributed by atoms with E-state index in [-0.39, 0.29) is 11.8 Å². The SMILES string of the molecule is CCN1C(=O)C2(CCN(C(=O)c3ccccc3)CC2)c2ccccc21. The van der Waals surface area contributed by atoms with Crippen LogP contribution in [0.3, 0.4) is 0 Å². The molecule has 0 N–H and O–H groups in total. The van der Waals surface area contributed by atoms with E-state index in [9.17, 15) is 9.59 Å². The summed E-state index contributed by atoms with van der Waals surface area (Å²) >= 11 is 0. The summed E-state index contributed by atoms with van der Waals surface area (Å²) in [4.78, 5) is 29.6. The van der Waals surface area contributed by atoms with Crippen LogP contribution >= 0.6 is 0 Å². The summed E-state index contributed by atoms with van der Waals surface area (Å²) in [6.45, 7) is 3.93. The molecule has 0 saturated carbocycles. The number of rotatable bonds is 2. The molecule has 0 aliphatic carbocycles. The van der Waals surface area contributed by atoms with Crippen molar-refractivity contribution in [2.45, 2.75) is 25.2 Å². The van der Waals surface area contributed by atoms with Crippen LogP contribution in [0.1, 0.15) is 35.7 Å². The summed E-state index contributed by atoms with van der Waals surface area (Å²) in [5.41, 5.74) is 2.43. The number of carbonyl (C=O) groups excluding carboxylic acids is 2. The van der Waals surface area contributed by atoms with Gasteiger partial charge < -0.3 is 9.80 Å². The molecule has 1 saturated heterocycles. The molecule has 1 spiro atoms. The molecule has 0 atom stereocenters. The number of hydrogen-bond donors (Lipinski definition) is 0. The topological polar surface area (TPSA) is 40.6 Å². The molecule has 2 aromatic rings. The first-order valence-electron chi connectivity index (χ1n) is 8.93. The Labute approximate surface area is 148 Å². The van der Waals surface area contributed by atoms with E-state index in [0.717, 1.165) is 11.3 Å². The average Bonchev–Trinajstić information content (AvgIpc) is 2.91. The molecule has 4 heteroatoms. The van der Waals surface area contributed by atoms with Crippen LogP contribution in [-0.2, 0) is 10.2 Å². The number of fused-ring (bicyclic) bond motifs is 2. The largest absolute Gasteiger partial charge is 0.339 e. The first-order chi connectivity index (χ1) is 12.2. The molecule has 2 aliphatic heterocycles. The van der Waals surface area contributed by atoms with Crippen molar-refractivity contribution in [2.75, 3.05) is 24.5 Å². The Balaban J connectivity index is 1.59. The number of likely N-dealkylation sites (N-methyl/N-ethyl adjacent to an activating group) is 1. The van der Waals surface area contributed by atoms with Crippen LogP contribution < -0.4 is 4.90 Å². The van der Waals surface area contributed by atoms with Gasteiger partial charge in [-0.25, -0.2) is 0 Å². The highest BCUT2D eigenvalue weighted by atomic mass is 16.2. The molecule has 0 radical (unpaired) electrons. The lowest BCUT2D eigenvalue weighted by molar-refractivity contribution is -0.124. The molecular formula is C21H22N2O2. The minimum atomic E-state index is -0.458. The van der Waals surface area contributed by atoms with Crippen molar-refractivity contribution in [1.29, 1.82) is 0 Å². The van der Waals surface area contributed by atoms with Gasteiger partial charge in [0.15, 0.2) is 0 Å². The smallest absolute Gasteiger partial charge is 0.253 e. The van der Waals surface area contributed by atoms with E-state index in [1.807, 2.05) is 65.3 Å². The quantitative estimate of drug-likeness (QED) is 0.846. The molecule has 128 valence electrons. The number of anilines is 1. The summed E-state index contributed by atoms with van der Waals surface area (Å²) in [6, 6.07) is 17.5. The monoisotopic (exact) mass is 334 g/mol. The van der Waals surface area contributed by atoms with Crippen LogP contribution in [0.4, 0.5) is 5.69 Å². The van der Waals surface area contributed by atoms with Gasteiger partial charge in [0.05, 0.1) is 5.41 Å². The van der Waals surface area contributed by atoms with Crippen molar-refractivity contribution >= 4 is 17.5 Å². The zero-order valence-electron chi connectivity index (χ0n) is 14.4. The second-order valence-electron chi connectivity index (χ2n) is 6.81. The van der Waals surface area contributed by atoms with Crippen LogP contribution in [0.15, 0.2) is 54.6 Å². The Morgan fingerprint density at radius 1 is 1.00 bits per heavy atom. The number of para-hydroxylation sites is 1. The predicted octanol–water partition coefficient (Wildman–Crippen LogP) is 3.23. The van der Waals surface area contributed by atoms with Gasteiger partial charge in [0.25, 0.3) is 5.91 Å². The maximum Gasteiger partial charge on any atom is 0.253 e. The van der Waals surface area contributed by atoms with Crippen molar-refractivity contribution in [3.05, 3.63) is 65.7 Å². The zero-order valence-corrected chi connectivity index (χ0v) is 14.4. The molecule has 0 aromatic heterocycles. The van der Waals surface area contributed by atoms with Crippen LogP contribution in [-0.4, -0.2) is 36.3 Å². The van der Waals surface area contributed by atoms with Gasteiger partial charge in [-0.3, -0.25) is 9.59 Å². The molecule has 25 heavy (non-hydrogen) atoms. The first-order valence-corrected chi connectivity index (χ1v) is 8.93. The van der Waals surface area contributed by atoms with Crippen molar-refractivity contribution in [3.63, 3.8) is 0 Å². The van der Waals surface area contributed by atoms with Gasteiger partial charge in [-0.15, -0.1) is 0 Å². The number of amides is 2. The van der Waals surface area contributed by atoms with Crippen LogP contribution in [0.2, 0.25) is 0 Å². The highest BCUT2D eigenvalue weighted by Crippen LogP contribution is 2.47. The maximum atomic E-state index is 13.1. The van der Waals surface area contributed by atoms with Gasteiger partial charge in [0.1, 0.15) is 0 Å². The van der Waals surface area contributed by atoms with Crippen molar-refractivity contribution in [1.82, 2.24) is 4.90 Å². The molecular weight excluding hydrogens is 312 g/mol. The summed E-state index contributed by atoms with van der Waals surface area (Å²) < 4.78 is 0. The van der Waals surface area contributed by atoms with Gasteiger partial charge in [0.2, 0.25) is 5.91 Å². The Kier molecular flexibility index (Phi) is 3.83. The maximum absolute atomic E-state index is 13.1. The Morgan fingerprint density at radius 2 is 1.64 bits per heavy atom. The highest BCUT2D eigenvalue weighted by molar-refractivity contribution is 6.08. The number of hydrogen-bond acceptors (Lipinski definition) is 2. The third-order valence-corrected chi connectivity index (χ3v) is 5.61. The fourth-order valence-electron chi connectivity index (χ4n) is 4.25. The van der Waals surface area contributed by atoms with E-state index in [1.165, 1.54) is 0 Å². The average molecular weight is 334 g/mol. The van der Waals surface area contributed by atoms with Gasteiger partial charge >= 0.3 is 0 Å². The molecule has 2 amide bonds. The normalized spacial score (nSPS) is 18.5. The number of nitrogens with zero attached hydrogens (tertiary/aromatic N) is 2. The van der Waals surface area contributed by atoms with Gasteiger partial charge in [-0.1, -0.05) is 36.4 Å². The highest BCUT2D eigenvalue weighted by Gasteiger charge is 2.51. The number of benzene rings is 2. The molecule has 0 unspecified atom stereocenters. The summed E-state index contributed by atoms with van der Waals surface area (Å²) in [5, 5.41) is 0. The van der Waals surface area contributed by atoms with Gasteiger partial charge in [-0.2, -0.15) is 0 Å². The van der Waals surface area contributed by atoms with Crippen LogP contribution in [0.5, 0.6) is 0 Å². The third kappa shape index (κ3) is 2.36. The molecule has 0 bridgehead atoms. The molecule has 2 heterocycles. The van der Waals surface area contributed by atoms with Crippen molar-refractivity contribution < 1.29 is 9.59 Å². The van der Waals surface area contributed by atoms with E-state index in [1.54, 1.807) is 0 Å². The molecule has 4 rings (SSSR count). The number of likely N-dealkylation sites (tertiary alicyclic amines) is 1. The summed E-state index contributed by atoms with van der Waals surface area (Å²) in [7, 11) is 0. The lowest BCUT2D eigenvalue weighted by Crippen LogP contribution is -2.50. The second kappa shape index (κ2) is 6.03. The predicted molar refractivity (Wildman–Crippen MR) is 97.7 cm³/mol. The minimum Gasteiger partial charge on any atom is -0.339 e. The van der Waals surface area contributed by atoms with Crippen molar-refractivity contribution in [2.24, 2.45) is 0 Å². The molecule has 2 aliphatic rings. The van der Waals surface area contributed by atoms with E-state index < -0.39 is 5.41 Å². The van der Waals surface area contributed by atoms with E-state index in [0.29, 0.717) is 38.0 Å². The fraction of sp³-hybridized carbons (Fsp3) is 0.333. The van der Waals surface area contributed by atoms with Gasteiger partial charge in [0, 0.05) is 30.9 Å². The second-order valence-corrected chi connectivity index (χ2v) is 6.81. The summed E-state index contributed by atoms with van der Waals surface area (Å²) in [5.74, 6) is 0.254. The summed E-state index contributed by atoms with van der Waals surface area (Å²) in [6.07, 6.45) is 1.38. The van der Waals surface area contributed by atoms with Crippen LogP contribution in [0, 0.1) is 0 Å². The lowest BCUT2D eigenvalue weighted by atomic mass is 9.73. The fourth-order valence-corrected chi connectivity index (χ4v) is 4.25. The Bertz CT molecular complexity index is 808. The Hall–Kier alpha value is -2.62. The number of carbonyl (C=O) groups is 2. The molecule has 2 aromatic carbocycles. The van der Waals surface area contributed by atoms with E-state index >= 15 is 0 Å². The standard InChI is InChI=1S/C21H22N2O2/c1-2-23-18-11-7-6-10-17(18)21(20(23)25)12-14-22(15-13-21)19(24)16-8-4-3-5-9-16/h3-11H,2,12-15H2,1H3. The lowest BCUT2D eigenvalue weighted by Gasteiger charge is -2.38. The first kappa shape index (κ1) is 15.9. The van der Waals surface area contributed by atoms with Crippen LogP contribution in [0.25, 0.3) is 0 Å². The molecule has 1 fully saturated rings. The van der Waals surface area contributed by atoms with E-state index in [2.05, 4.69) is 6.07 Å². The number of piperidine rings is 1. The zero-order chi connectivity index (χ0) is 17.4. The van der Waals surface area contributed by atoms with Crippen molar-refractivity contribution in [3.8, 4) is 0 Å². The minimum absolute atomic E-state index is 0.0570. The van der Waals surface area contributed by atoms with Gasteiger partial charge in [-0.05, 0) is 43.5 Å². The Morgan fingerprint density at radius 3 is 2.32 bits per heavy atom. The molecule has 4 nitrogen and oxygen atoms in total.